The number of aromatic hydroxyl groups is 1. The second-order valence-corrected chi connectivity index (χ2v) is 10.5. The number of nitrogens with zero attached hydrogens (tertiary/aromatic N) is 3. The highest BCUT2D eigenvalue weighted by atomic mass is 35.5. The van der Waals surface area contributed by atoms with Crippen LogP contribution in [-0.2, 0) is 15.1 Å². The monoisotopic (exact) mass is 508 g/mol. The SMILES string of the molecule is O=C1NCCCN(C(=O)c2ccc(Cl)c(O)c2)CCN2C(=O)[C@@]3(c4ccccc42)[C@H]1C[C@@H]1CCCN13. The summed E-state index contributed by atoms with van der Waals surface area (Å²) in [4.78, 5) is 47.0. The quantitative estimate of drug-likeness (QED) is 0.618. The zero-order valence-corrected chi connectivity index (χ0v) is 20.7. The summed E-state index contributed by atoms with van der Waals surface area (Å²) in [5.74, 6) is -0.989. The number of hydrogen-bond donors (Lipinski definition) is 2. The fourth-order valence-electron chi connectivity index (χ4n) is 6.75. The predicted molar refractivity (Wildman–Crippen MR) is 135 cm³/mol. The molecule has 8 nitrogen and oxygen atoms in total. The summed E-state index contributed by atoms with van der Waals surface area (Å²) in [6.45, 7) is 2.30. The molecule has 1 spiro atoms. The average molecular weight is 509 g/mol. The van der Waals surface area contributed by atoms with Gasteiger partial charge in [0.1, 0.15) is 11.3 Å². The summed E-state index contributed by atoms with van der Waals surface area (Å²) < 4.78 is 0. The van der Waals surface area contributed by atoms with Crippen LogP contribution in [0.15, 0.2) is 42.5 Å². The van der Waals surface area contributed by atoms with Gasteiger partial charge in [-0.25, -0.2) is 0 Å². The molecular formula is C27H29ClN4O4. The van der Waals surface area contributed by atoms with E-state index >= 15 is 0 Å². The average Bonchev–Trinajstić information content (AvgIpc) is 3.53. The molecule has 4 aliphatic rings. The Labute approximate surface area is 214 Å². The molecule has 4 aliphatic heterocycles. The van der Waals surface area contributed by atoms with Crippen molar-refractivity contribution in [2.45, 2.75) is 37.3 Å². The number of amides is 3. The van der Waals surface area contributed by atoms with Crippen LogP contribution in [0.25, 0.3) is 0 Å². The van der Waals surface area contributed by atoms with Gasteiger partial charge in [0.25, 0.3) is 11.8 Å². The molecule has 188 valence electrons. The van der Waals surface area contributed by atoms with Crippen molar-refractivity contribution in [2.75, 3.05) is 37.6 Å². The van der Waals surface area contributed by atoms with Crippen molar-refractivity contribution in [1.82, 2.24) is 15.1 Å². The van der Waals surface area contributed by atoms with Gasteiger partial charge in [0.05, 0.1) is 10.9 Å². The predicted octanol–water partition coefficient (Wildman–Crippen LogP) is 2.73. The van der Waals surface area contributed by atoms with Crippen LogP contribution in [0.4, 0.5) is 5.69 Å². The molecule has 3 saturated heterocycles. The lowest BCUT2D eigenvalue weighted by molar-refractivity contribution is -0.139. The van der Waals surface area contributed by atoms with Crippen molar-refractivity contribution in [3.05, 3.63) is 58.6 Å². The second kappa shape index (κ2) is 8.78. The van der Waals surface area contributed by atoms with Crippen molar-refractivity contribution in [2.24, 2.45) is 5.92 Å². The molecule has 3 amide bonds. The molecule has 2 N–H and O–H groups in total. The first-order chi connectivity index (χ1) is 17.4. The van der Waals surface area contributed by atoms with Gasteiger partial charge in [0.2, 0.25) is 5.91 Å². The first kappa shape index (κ1) is 23.3. The maximum atomic E-state index is 14.4. The van der Waals surface area contributed by atoms with Crippen molar-refractivity contribution in [3.63, 3.8) is 0 Å². The molecule has 4 heterocycles. The number of anilines is 1. The van der Waals surface area contributed by atoms with Gasteiger partial charge in [0.15, 0.2) is 0 Å². The standard InChI is InChI=1S/C27H29ClN4O4/c28-21-9-8-17(15-23(21)33)25(35)30-11-4-10-29-24(34)20-16-18-5-3-12-32(18)27(20)19-6-1-2-7-22(19)31(14-13-30)26(27)36/h1-2,6-9,15,18,20,33H,3-5,10-14,16H2,(H,29,34)/t18-,20-,27+/m0/s1. The van der Waals surface area contributed by atoms with Crippen LogP contribution in [0.3, 0.4) is 0 Å². The van der Waals surface area contributed by atoms with Crippen molar-refractivity contribution < 1.29 is 19.5 Å². The molecule has 2 aromatic rings. The number of para-hydroxylation sites is 1. The van der Waals surface area contributed by atoms with E-state index in [-0.39, 0.29) is 34.5 Å². The second-order valence-electron chi connectivity index (χ2n) is 10.1. The van der Waals surface area contributed by atoms with E-state index in [4.69, 9.17) is 11.6 Å². The van der Waals surface area contributed by atoms with Crippen molar-refractivity contribution >= 4 is 35.0 Å². The third kappa shape index (κ3) is 3.34. The number of benzene rings is 2. The van der Waals surface area contributed by atoms with Crippen LogP contribution in [-0.4, -0.2) is 71.4 Å². The molecule has 9 heteroatoms. The van der Waals surface area contributed by atoms with E-state index in [1.807, 2.05) is 24.3 Å². The van der Waals surface area contributed by atoms with Crippen molar-refractivity contribution in [3.8, 4) is 5.75 Å². The fraction of sp³-hybridized carbons (Fsp3) is 0.444. The summed E-state index contributed by atoms with van der Waals surface area (Å²) >= 11 is 5.93. The first-order valence-corrected chi connectivity index (χ1v) is 13.0. The maximum absolute atomic E-state index is 14.4. The third-order valence-electron chi connectivity index (χ3n) is 8.31. The lowest BCUT2D eigenvalue weighted by atomic mass is 9.78. The van der Waals surface area contributed by atoms with Crippen LogP contribution < -0.4 is 10.2 Å². The first-order valence-electron chi connectivity index (χ1n) is 12.7. The molecule has 6 rings (SSSR count). The fourth-order valence-corrected chi connectivity index (χ4v) is 6.87. The van der Waals surface area contributed by atoms with E-state index in [0.717, 1.165) is 30.6 Å². The van der Waals surface area contributed by atoms with Gasteiger partial charge >= 0.3 is 0 Å². The highest BCUT2D eigenvalue weighted by Crippen LogP contribution is 2.57. The Balaban J connectivity index is 1.38. The Kier molecular flexibility index (Phi) is 5.68. The van der Waals surface area contributed by atoms with E-state index in [0.29, 0.717) is 44.6 Å². The molecular weight excluding hydrogens is 480 g/mol. The zero-order valence-electron chi connectivity index (χ0n) is 20.0. The number of rotatable bonds is 1. The van der Waals surface area contributed by atoms with E-state index < -0.39 is 11.5 Å². The molecule has 0 aromatic heterocycles. The molecule has 3 fully saturated rings. The van der Waals surface area contributed by atoms with Gasteiger partial charge in [-0.1, -0.05) is 29.8 Å². The Hall–Kier alpha value is -3.10. The molecule has 0 radical (unpaired) electrons. The largest absolute Gasteiger partial charge is 0.506 e. The minimum absolute atomic E-state index is 0.0645. The zero-order chi connectivity index (χ0) is 25.0. The van der Waals surface area contributed by atoms with Gasteiger partial charge in [-0.2, -0.15) is 0 Å². The number of fused-ring (bicyclic) bond motifs is 4. The Bertz CT molecular complexity index is 1250. The number of phenolic OH excluding ortho intramolecular Hbond substituents is 1. The molecule has 0 saturated carbocycles. The van der Waals surface area contributed by atoms with E-state index in [9.17, 15) is 19.5 Å². The Morgan fingerprint density at radius 1 is 1.06 bits per heavy atom. The molecule has 2 aromatic carbocycles. The van der Waals surface area contributed by atoms with Gasteiger partial charge in [-0.05, 0) is 56.5 Å². The Morgan fingerprint density at radius 2 is 1.89 bits per heavy atom. The van der Waals surface area contributed by atoms with E-state index in [1.165, 1.54) is 12.1 Å². The summed E-state index contributed by atoms with van der Waals surface area (Å²) in [6.07, 6.45) is 3.29. The lowest BCUT2D eigenvalue weighted by Crippen LogP contribution is -2.57. The number of halogens is 1. The normalized spacial score (nSPS) is 28.1. The van der Waals surface area contributed by atoms with Crippen molar-refractivity contribution in [1.29, 1.82) is 0 Å². The Morgan fingerprint density at radius 3 is 2.72 bits per heavy atom. The van der Waals surface area contributed by atoms with Crippen LogP contribution in [0.1, 0.15) is 41.6 Å². The summed E-state index contributed by atoms with van der Waals surface area (Å²) in [5, 5.41) is 13.3. The molecule has 0 unspecified atom stereocenters. The topological polar surface area (TPSA) is 93.2 Å². The highest BCUT2D eigenvalue weighted by molar-refractivity contribution is 6.32. The van der Waals surface area contributed by atoms with Crippen LogP contribution in [0.2, 0.25) is 5.02 Å². The van der Waals surface area contributed by atoms with Gasteiger partial charge in [-0.15, -0.1) is 0 Å². The van der Waals surface area contributed by atoms with E-state index in [2.05, 4.69) is 10.2 Å². The number of hydrogen-bond acceptors (Lipinski definition) is 5. The number of carbonyl (C=O) groups excluding carboxylic acids is 3. The van der Waals surface area contributed by atoms with Crippen LogP contribution in [0, 0.1) is 5.92 Å². The third-order valence-corrected chi connectivity index (χ3v) is 8.63. The number of nitrogens with one attached hydrogen (secondary N) is 1. The smallest absolute Gasteiger partial charge is 0.254 e. The van der Waals surface area contributed by atoms with Crippen LogP contribution >= 0.6 is 11.6 Å². The highest BCUT2D eigenvalue weighted by Gasteiger charge is 2.67. The van der Waals surface area contributed by atoms with Gasteiger partial charge < -0.3 is 20.2 Å². The molecule has 36 heavy (non-hydrogen) atoms. The van der Waals surface area contributed by atoms with Gasteiger partial charge in [-0.3, -0.25) is 19.3 Å². The lowest BCUT2D eigenvalue weighted by Gasteiger charge is -2.38. The summed E-state index contributed by atoms with van der Waals surface area (Å²) in [6, 6.07) is 12.5. The van der Waals surface area contributed by atoms with Gasteiger partial charge in [0, 0.05) is 49.0 Å². The minimum atomic E-state index is -0.988. The molecule has 2 bridgehead atoms. The minimum Gasteiger partial charge on any atom is -0.506 e. The van der Waals surface area contributed by atoms with E-state index in [1.54, 1.807) is 15.9 Å². The maximum Gasteiger partial charge on any atom is 0.254 e. The molecule has 0 aliphatic carbocycles. The van der Waals surface area contributed by atoms with Crippen LogP contribution in [0.5, 0.6) is 5.75 Å². The number of carbonyl (C=O) groups is 3. The molecule has 3 atom stereocenters. The summed E-state index contributed by atoms with van der Waals surface area (Å²) in [7, 11) is 0. The summed E-state index contributed by atoms with van der Waals surface area (Å²) in [5.41, 5.74) is 1.06. The number of phenols is 1.